The normalized spacial score (nSPS) is 13.8. The van der Waals surface area contributed by atoms with Crippen LogP contribution in [0.1, 0.15) is 31.7 Å². The van der Waals surface area contributed by atoms with Gasteiger partial charge in [-0.2, -0.15) is 0 Å². The van der Waals surface area contributed by atoms with Gasteiger partial charge in [0.05, 0.1) is 12.5 Å². The number of nitrogens with one attached hydrogen (secondary N) is 3. The van der Waals surface area contributed by atoms with E-state index in [1.165, 1.54) is 6.92 Å². The minimum atomic E-state index is -1.51. The van der Waals surface area contributed by atoms with Gasteiger partial charge in [0, 0.05) is 6.54 Å². The van der Waals surface area contributed by atoms with E-state index in [4.69, 9.17) is 22.3 Å². The molecule has 1 rings (SSSR count). The average Bonchev–Trinajstić information content (AvgIpc) is 2.80. The van der Waals surface area contributed by atoms with Gasteiger partial charge in [-0.1, -0.05) is 30.3 Å². The van der Waals surface area contributed by atoms with Gasteiger partial charge in [0.15, 0.2) is 5.96 Å². The van der Waals surface area contributed by atoms with Crippen LogP contribution >= 0.6 is 0 Å². The Labute approximate surface area is 207 Å². The molecular weight excluding hydrogens is 474 g/mol. The number of guanidine groups is 1. The van der Waals surface area contributed by atoms with Crippen LogP contribution in [0.3, 0.4) is 0 Å². The van der Waals surface area contributed by atoms with E-state index in [2.05, 4.69) is 20.9 Å². The topological polar surface area (TPSA) is 252 Å². The number of amides is 3. The summed E-state index contributed by atoms with van der Waals surface area (Å²) in [5.41, 5.74) is 17.1. The maximum Gasteiger partial charge on any atom is 0.326 e. The van der Waals surface area contributed by atoms with Crippen LogP contribution in [0.5, 0.6) is 0 Å². The first-order chi connectivity index (χ1) is 16.9. The summed E-state index contributed by atoms with van der Waals surface area (Å²) in [6.07, 6.45) is -0.305. The number of carboxylic acids is 2. The quantitative estimate of drug-likeness (QED) is 0.0712. The summed E-state index contributed by atoms with van der Waals surface area (Å²) in [6, 6.07) is 3.80. The Bertz CT molecular complexity index is 951. The first-order valence-electron chi connectivity index (χ1n) is 11.1. The molecule has 1 aromatic rings. The molecule has 0 bridgehead atoms. The summed E-state index contributed by atoms with van der Waals surface area (Å²) in [4.78, 5) is 63.9. The van der Waals surface area contributed by atoms with Crippen molar-refractivity contribution in [3.63, 3.8) is 0 Å². The molecule has 0 saturated carbocycles. The molecule has 0 fully saturated rings. The molecule has 198 valence electrons. The van der Waals surface area contributed by atoms with Crippen LogP contribution in [0.25, 0.3) is 0 Å². The fraction of sp³-hybridized carbons (Fsp3) is 0.455. The van der Waals surface area contributed by atoms with Crippen LogP contribution in [-0.2, 0) is 30.4 Å². The lowest BCUT2D eigenvalue weighted by atomic mass is 10.1. The van der Waals surface area contributed by atoms with E-state index in [1.54, 1.807) is 30.3 Å². The molecular formula is C22H33N7O7. The molecule has 0 saturated heterocycles. The van der Waals surface area contributed by atoms with Gasteiger partial charge in [-0.25, -0.2) is 4.79 Å². The Morgan fingerprint density at radius 2 is 1.53 bits per heavy atom. The molecule has 0 radical (unpaired) electrons. The second kappa shape index (κ2) is 14.9. The second-order valence-electron chi connectivity index (χ2n) is 8.03. The van der Waals surface area contributed by atoms with Gasteiger partial charge in [0.1, 0.15) is 18.1 Å². The second-order valence-corrected chi connectivity index (χ2v) is 8.03. The van der Waals surface area contributed by atoms with Gasteiger partial charge in [-0.15, -0.1) is 0 Å². The van der Waals surface area contributed by atoms with Crippen molar-refractivity contribution >= 4 is 35.6 Å². The van der Waals surface area contributed by atoms with E-state index in [-0.39, 0.29) is 31.8 Å². The van der Waals surface area contributed by atoms with E-state index in [1.807, 2.05) is 0 Å². The van der Waals surface area contributed by atoms with Crippen molar-refractivity contribution in [1.82, 2.24) is 16.0 Å². The van der Waals surface area contributed by atoms with Crippen LogP contribution < -0.4 is 33.2 Å². The molecule has 36 heavy (non-hydrogen) atoms. The van der Waals surface area contributed by atoms with Crippen molar-refractivity contribution in [3.8, 4) is 0 Å². The van der Waals surface area contributed by atoms with Gasteiger partial charge in [0.25, 0.3) is 0 Å². The number of benzene rings is 1. The first-order valence-corrected chi connectivity index (χ1v) is 11.1. The zero-order valence-electron chi connectivity index (χ0n) is 19.8. The fourth-order valence-corrected chi connectivity index (χ4v) is 3.06. The molecule has 0 aliphatic rings. The standard InChI is InChI=1S/C22H33N7O7/c1-12(18(32)28-15(21(35)36)8-5-9-26-22(24)25)27-20(34)16(11-17(30)31)29-19(33)14(23)10-13-6-3-2-4-7-13/h2-4,6-7,12,14-16H,5,8-11,23H2,1H3,(H,27,34)(H,28,32)(H,29,33)(H,30,31)(H,35,36)(H4,24,25,26). The molecule has 14 nitrogen and oxygen atoms in total. The number of aliphatic imine (C=N–C) groups is 1. The highest BCUT2D eigenvalue weighted by molar-refractivity contribution is 5.95. The molecule has 4 atom stereocenters. The molecule has 0 aliphatic heterocycles. The maximum absolute atomic E-state index is 12.6. The molecule has 1 aromatic carbocycles. The van der Waals surface area contributed by atoms with Crippen molar-refractivity contribution in [2.24, 2.45) is 22.2 Å². The van der Waals surface area contributed by atoms with Crippen LogP contribution in [-0.4, -0.2) is 76.5 Å². The Morgan fingerprint density at radius 1 is 0.917 bits per heavy atom. The largest absolute Gasteiger partial charge is 0.481 e. The lowest BCUT2D eigenvalue weighted by Crippen LogP contribution is -2.57. The van der Waals surface area contributed by atoms with Crippen LogP contribution in [0.15, 0.2) is 35.3 Å². The number of hydrogen-bond donors (Lipinski definition) is 8. The number of rotatable bonds is 15. The van der Waals surface area contributed by atoms with Gasteiger partial charge >= 0.3 is 11.9 Å². The van der Waals surface area contributed by atoms with Crippen molar-refractivity contribution in [2.75, 3.05) is 6.54 Å². The van der Waals surface area contributed by atoms with Crippen LogP contribution in [0.2, 0.25) is 0 Å². The van der Waals surface area contributed by atoms with Crippen molar-refractivity contribution in [1.29, 1.82) is 0 Å². The van der Waals surface area contributed by atoms with E-state index >= 15 is 0 Å². The minimum absolute atomic E-state index is 0.0233. The van der Waals surface area contributed by atoms with Gasteiger partial charge in [-0.3, -0.25) is 24.2 Å². The minimum Gasteiger partial charge on any atom is -0.481 e. The number of hydrogen-bond acceptors (Lipinski definition) is 7. The zero-order valence-corrected chi connectivity index (χ0v) is 19.8. The SMILES string of the molecule is CC(NC(=O)C(CC(=O)O)NC(=O)C(N)Cc1ccccc1)C(=O)NC(CCCN=C(N)N)C(=O)O. The molecule has 14 heteroatoms. The van der Waals surface area contributed by atoms with Gasteiger partial charge < -0.3 is 43.4 Å². The summed E-state index contributed by atoms with van der Waals surface area (Å²) in [5, 5.41) is 25.3. The van der Waals surface area contributed by atoms with E-state index in [9.17, 15) is 29.1 Å². The Kier molecular flexibility index (Phi) is 12.4. The van der Waals surface area contributed by atoms with E-state index < -0.39 is 60.2 Å². The molecule has 0 spiro atoms. The summed E-state index contributed by atoms with van der Waals surface area (Å²) < 4.78 is 0. The average molecular weight is 508 g/mol. The molecule has 0 heterocycles. The molecule has 11 N–H and O–H groups in total. The molecule has 4 unspecified atom stereocenters. The van der Waals surface area contributed by atoms with E-state index in [0.717, 1.165) is 5.56 Å². The summed E-state index contributed by atoms with van der Waals surface area (Å²) >= 11 is 0. The molecule has 0 aliphatic carbocycles. The number of aliphatic carboxylic acids is 2. The lowest BCUT2D eigenvalue weighted by Gasteiger charge is -2.22. The number of nitrogens with zero attached hydrogens (tertiary/aromatic N) is 1. The highest BCUT2D eigenvalue weighted by atomic mass is 16.4. The third-order valence-electron chi connectivity index (χ3n) is 4.96. The third-order valence-corrected chi connectivity index (χ3v) is 4.96. The molecule has 3 amide bonds. The Balaban J connectivity index is 2.73. The maximum atomic E-state index is 12.6. The highest BCUT2D eigenvalue weighted by Gasteiger charge is 2.29. The Hall–Kier alpha value is -4.20. The van der Waals surface area contributed by atoms with Gasteiger partial charge in [-0.05, 0) is 31.7 Å². The first kappa shape index (κ1) is 29.8. The molecule has 0 aromatic heterocycles. The van der Waals surface area contributed by atoms with E-state index in [0.29, 0.717) is 0 Å². The number of carboxylic acid groups (broad SMARTS) is 2. The van der Waals surface area contributed by atoms with Crippen LogP contribution in [0.4, 0.5) is 0 Å². The monoisotopic (exact) mass is 507 g/mol. The fourth-order valence-electron chi connectivity index (χ4n) is 3.06. The number of carbonyl (C=O) groups is 5. The zero-order chi connectivity index (χ0) is 27.3. The number of nitrogens with two attached hydrogens (primary N) is 3. The lowest BCUT2D eigenvalue weighted by molar-refractivity contribution is -0.143. The smallest absolute Gasteiger partial charge is 0.326 e. The summed E-state index contributed by atoms with van der Waals surface area (Å²) in [5.74, 6) is -5.32. The summed E-state index contributed by atoms with van der Waals surface area (Å²) in [7, 11) is 0. The number of carbonyl (C=O) groups excluding carboxylic acids is 3. The Morgan fingerprint density at radius 3 is 2.08 bits per heavy atom. The predicted octanol–water partition coefficient (Wildman–Crippen LogP) is -2.36. The van der Waals surface area contributed by atoms with Gasteiger partial charge in [0.2, 0.25) is 17.7 Å². The van der Waals surface area contributed by atoms with Crippen molar-refractivity contribution in [2.45, 2.75) is 56.8 Å². The summed E-state index contributed by atoms with van der Waals surface area (Å²) in [6.45, 7) is 1.45. The van der Waals surface area contributed by atoms with Crippen molar-refractivity contribution < 1.29 is 34.2 Å². The highest BCUT2D eigenvalue weighted by Crippen LogP contribution is 2.04. The van der Waals surface area contributed by atoms with Crippen LogP contribution in [0, 0.1) is 0 Å². The third kappa shape index (κ3) is 11.3. The predicted molar refractivity (Wildman–Crippen MR) is 129 cm³/mol. The van der Waals surface area contributed by atoms with Crippen molar-refractivity contribution in [3.05, 3.63) is 35.9 Å².